The Labute approximate surface area is 545 Å². The molecule has 2 aliphatic rings. The number of hydrogen-bond donors (Lipinski definition) is 9. The van der Waals surface area contributed by atoms with Crippen LogP contribution in [-0.2, 0) is 23.7 Å². The third kappa shape index (κ3) is 42.4. The summed E-state index contributed by atoms with van der Waals surface area (Å²) in [4.78, 5) is 13.3. The highest BCUT2D eigenvalue weighted by Gasteiger charge is 2.51. The highest BCUT2D eigenvalue weighted by atomic mass is 16.7. The standard InChI is InChI=1S/C76H127NO13/c1-3-5-7-9-11-13-15-17-19-21-22-23-24-25-26-27-28-29-30-31-32-33-34-35-36-37-38-39-40-41-42-44-46-48-50-52-54-56-58-60-68(81)77-64(65(80)59-57-55-53-51-49-47-45-43-20-18-16-14-12-10-8-6-4-2)63-87-75-73(86)71(84)74(67(62-79)89-75)90-76-72(85)70(83)69(82)66(61-78)88-76/h5,7,11,13,17,19,22-23,25-26,28-29,31-32,34-35,37-38,40-41,57,59,64-67,69-76,78-80,82-86H,3-4,6,8-10,12,14-16,18,20-21,24,27,30,33,36,39,42-56,58,60-63H2,1-2H3,(H,77,81)/b7-5-,13-11-,19-17-,23-22-,26-25-,29-28-,32-31-,35-34-,38-37-,41-40-,59-57+. The van der Waals surface area contributed by atoms with E-state index in [-0.39, 0.29) is 18.9 Å². The Morgan fingerprint density at radius 3 is 1.18 bits per heavy atom. The number of aliphatic hydroxyl groups is 8. The van der Waals surface area contributed by atoms with Crippen LogP contribution in [0, 0.1) is 0 Å². The van der Waals surface area contributed by atoms with Crippen molar-refractivity contribution in [1.29, 1.82) is 0 Å². The van der Waals surface area contributed by atoms with Gasteiger partial charge in [-0.2, -0.15) is 0 Å². The molecule has 2 fully saturated rings. The first kappa shape index (κ1) is 82.2. The normalized spacial score (nSPS) is 23.8. The molecule has 0 aromatic carbocycles. The van der Waals surface area contributed by atoms with E-state index in [0.717, 1.165) is 116 Å². The van der Waals surface area contributed by atoms with Crippen LogP contribution in [0.25, 0.3) is 0 Å². The quantitative estimate of drug-likeness (QED) is 0.0204. The number of rotatable bonds is 56. The Morgan fingerprint density at radius 1 is 0.411 bits per heavy atom. The predicted molar refractivity (Wildman–Crippen MR) is 368 cm³/mol. The summed E-state index contributed by atoms with van der Waals surface area (Å²) in [6, 6.07) is -0.929. The average molecular weight is 1260 g/mol. The van der Waals surface area contributed by atoms with E-state index >= 15 is 0 Å². The van der Waals surface area contributed by atoms with Gasteiger partial charge in [0.1, 0.15) is 48.8 Å². The smallest absolute Gasteiger partial charge is 0.220 e. The van der Waals surface area contributed by atoms with Crippen LogP contribution in [0.3, 0.4) is 0 Å². The number of aliphatic hydroxyl groups excluding tert-OH is 8. The SMILES string of the molecule is CC/C=C\C/C=C\C/C=C\C/C=C\C/C=C\C/C=C\C/C=C\C/C=C\C/C=C\C/C=C\CCCCCCCCCCC(=O)NC(COC1OC(CO)C(OC2OC(CO)C(O)C(O)C2O)C(O)C1O)C(O)/C=C/CCCCCCCCCCCCCCCCC. The zero-order valence-electron chi connectivity index (χ0n) is 55.8. The lowest BCUT2D eigenvalue weighted by molar-refractivity contribution is -0.359. The molecule has 90 heavy (non-hydrogen) atoms. The van der Waals surface area contributed by atoms with Crippen LogP contribution >= 0.6 is 0 Å². The van der Waals surface area contributed by atoms with Gasteiger partial charge in [0.25, 0.3) is 0 Å². The third-order valence-electron chi connectivity index (χ3n) is 16.3. The van der Waals surface area contributed by atoms with Crippen molar-refractivity contribution in [3.63, 3.8) is 0 Å². The van der Waals surface area contributed by atoms with Crippen LogP contribution in [0.15, 0.2) is 134 Å². The molecule has 0 radical (unpaired) electrons. The first-order valence-corrected chi connectivity index (χ1v) is 35.4. The Hall–Kier alpha value is -3.87. The Morgan fingerprint density at radius 2 is 0.767 bits per heavy atom. The molecule has 2 saturated heterocycles. The van der Waals surface area contributed by atoms with Crippen molar-refractivity contribution in [2.75, 3.05) is 19.8 Å². The molecule has 14 heteroatoms. The number of ether oxygens (including phenoxy) is 4. The summed E-state index contributed by atoms with van der Waals surface area (Å²) in [6.45, 7) is 2.68. The van der Waals surface area contributed by atoms with Crippen LogP contribution in [0.5, 0.6) is 0 Å². The second-order valence-corrected chi connectivity index (χ2v) is 24.3. The Balaban J connectivity index is 1.65. The van der Waals surface area contributed by atoms with Crippen molar-refractivity contribution in [2.24, 2.45) is 0 Å². The molecule has 2 aliphatic heterocycles. The maximum absolute atomic E-state index is 13.3. The van der Waals surface area contributed by atoms with E-state index < -0.39 is 86.8 Å². The molecule has 0 saturated carbocycles. The molecule has 0 spiro atoms. The van der Waals surface area contributed by atoms with Crippen molar-refractivity contribution in [3.8, 4) is 0 Å². The maximum Gasteiger partial charge on any atom is 0.220 e. The topological polar surface area (TPSA) is 228 Å². The molecule has 0 aliphatic carbocycles. The molecule has 514 valence electrons. The van der Waals surface area contributed by atoms with E-state index in [4.69, 9.17) is 18.9 Å². The molecule has 2 heterocycles. The fourth-order valence-corrected chi connectivity index (χ4v) is 10.7. The van der Waals surface area contributed by atoms with Gasteiger partial charge in [-0.25, -0.2) is 0 Å². The Bertz CT molecular complexity index is 2020. The van der Waals surface area contributed by atoms with Gasteiger partial charge in [0.15, 0.2) is 12.6 Å². The minimum Gasteiger partial charge on any atom is -0.394 e. The Kier molecular flexibility index (Phi) is 53.8. The van der Waals surface area contributed by atoms with Gasteiger partial charge in [0, 0.05) is 6.42 Å². The number of amides is 1. The van der Waals surface area contributed by atoms with Crippen molar-refractivity contribution in [3.05, 3.63) is 134 Å². The number of unbranched alkanes of at least 4 members (excludes halogenated alkanes) is 23. The molecule has 1 amide bonds. The van der Waals surface area contributed by atoms with E-state index in [1.165, 1.54) is 103 Å². The van der Waals surface area contributed by atoms with Crippen molar-refractivity contribution >= 4 is 5.91 Å². The predicted octanol–water partition coefficient (Wildman–Crippen LogP) is 14.7. The molecule has 9 N–H and O–H groups in total. The van der Waals surface area contributed by atoms with E-state index in [0.29, 0.717) is 6.42 Å². The number of carbonyl (C=O) groups is 1. The second kappa shape index (κ2) is 58.9. The van der Waals surface area contributed by atoms with E-state index in [1.807, 2.05) is 6.08 Å². The van der Waals surface area contributed by atoms with E-state index in [1.54, 1.807) is 6.08 Å². The molecule has 0 bridgehead atoms. The summed E-state index contributed by atoms with van der Waals surface area (Å²) in [5.74, 6) is -0.252. The van der Waals surface area contributed by atoms with Gasteiger partial charge in [0.05, 0.1) is 32.0 Å². The number of allylic oxidation sites excluding steroid dienone is 21. The molecular formula is C76H127NO13. The van der Waals surface area contributed by atoms with Gasteiger partial charge >= 0.3 is 0 Å². The first-order valence-electron chi connectivity index (χ1n) is 35.4. The summed E-state index contributed by atoms with van der Waals surface area (Å²) in [5, 5.41) is 87.4. The van der Waals surface area contributed by atoms with Crippen LogP contribution in [-0.4, -0.2) is 140 Å². The molecule has 0 aromatic heterocycles. The molecule has 12 atom stereocenters. The van der Waals surface area contributed by atoms with Crippen molar-refractivity contribution in [2.45, 2.75) is 319 Å². The summed E-state index contributed by atoms with van der Waals surface area (Å²) in [7, 11) is 0. The number of carbonyl (C=O) groups excluding carboxylic acids is 1. The highest BCUT2D eigenvalue weighted by molar-refractivity contribution is 5.76. The summed E-state index contributed by atoms with van der Waals surface area (Å²) < 4.78 is 22.8. The van der Waals surface area contributed by atoms with Crippen LogP contribution in [0.1, 0.15) is 245 Å². The zero-order chi connectivity index (χ0) is 65.2. The van der Waals surface area contributed by atoms with Gasteiger partial charge in [-0.05, 0) is 96.3 Å². The number of nitrogens with one attached hydrogen (secondary N) is 1. The van der Waals surface area contributed by atoms with E-state index in [9.17, 15) is 45.6 Å². The van der Waals surface area contributed by atoms with Crippen LogP contribution in [0.2, 0.25) is 0 Å². The summed E-state index contributed by atoms with van der Waals surface area (Å²) in [5.41, 5.74) is 0. The highest BCUT2D eigenvalue weighted by Crippen LogP contribution is 2.30. The van der Waals surface area contributed by atoms with E-state index in [2.05, 4.69) is 141 Å². The van der Waals surface area contributed by atoms with Gasteiger partial charge in [-0.3, -0.25) is 4.79 Å². The van der Waals surface area contributed by atoms with Crippen molar-refractivity contribution in [1.82, 2.24) is 5.32 Å². The first-order chi connectivity index (χ1) is 44.1. The monoisotopic (exact) mass is 1260 g/mol. The molecule has 12 unspecified atom stereocenters. The van der Waals surface area contributed by atoms with Crippen molar-refractivity contribution < 1.29 is 64.6 Å². The van der Waals surface area contributed by atoms with Gasteiger partial charge in [-0.15, -0.1) is 0 Å². The van der Waals surface area contributed by atoms with Gasteiger partial charge < -0.3 is 65.1 Å². The zero-order valence-corrected chi connectivity index (χ0v) is 55.8. The maximum atomic E-state index is 13.3. The molecule has 14 nitrogen and oxygen atoms in total. The van der Waals surface area contributed by atoms with Crippen LogP contribution in [0.4, 0.5) is 0 Å². The summed E-state index contributed by atoms with van der Waals surface area (Å²) in [6.07, 6.45) is 70.7. The fraction of sp³-hybridized carbons (Fsp3) is 0.697. The minimum absolute atomic E-state index is 0.252. The molecular weight excluding hydrogens is 1130 g/mol. The van der Waals surface area contributed by atoms with Gasteiger partial charge in [0.2, 0.25) is 5.91 Å². The third-order valence-corrected chi connectivity index (χ3v) is 16.3. The largest absolute Gasteiger partial charge is 0.394 e. The lowest BCUT2D eigenvalue weighted by Crippen LogP contribution is -2.65. The minimum atomic E-state index is -1.80. The fourth-order valence-electron chi connectivity index (χ4n) is 10.7. The molecule has 2 rings (SSSR count). The number of hydrogen-bond acceptors (Lipinski definition) is 13. The lowest BCUT2D eigenvalue weighted by atomic mass is 9.97. The lowest BCUT2D eigenvalue weighted by Gasteiger charge is -2.46. The van der Waals surface area contributed by atoms with Crippen LogP contribution < -0.4 is 5.32 Å². The summed E-state index contributed by atoms with van der Waals surface area (Å²) >= 11 is 0. The van der Waals surface area contributed by atoms with Gasteiger partial charge in [-0.1, -0.05) is 276 Å². The average Bonchev–Trinajstić information content (AvgIpc) is 1.04. The molecule has 0 aromatic rings. The second-order valence-electron chi connectivity index (χ2n) is 24.3.